The van der Waals surface area contributed by atoms with Gasteiger partial charge in [0.2, 0.25) is 0 Å². The minimum absolute atomic E-state index is 0. The van der Waals surface area contributed by atoms with Gasteiger partial charge in [-0.1, -0.05) is 12.1 Å². The highest BCUT2D eigenvalue weighted by atomic mass is 35.5. The molecule has 1 fully saturated rings. The SMILES string of the molecule is Cl.Fc1ccc(CNC2CCNCC2)cc1. The first-order chi connectivity index (χ1) is 7.34. The van der Waals surface area contributed by atoms with Gasteiger partial charge in [0.1, 0.15) is 5.82 Å². The summed E-state index contributed by atoms with van der Waals surface area (Å²) in [4.78, 5) is 0. The molecule has 2 rings (SSSR count). The third-order valence-electron chi connectivity index (χ3n) is 2.85. The van der Waals surface area contributed by atoms with E-state index in [2.05, 4.69) is 10.6 Å². The molecule has 0 bridgehead atoms. The number of piperidine rings is 1. The van der Waals surface area contributed by atoms with Crippen LogP contribution in [0.3, 0.4) is 0 Å². The summed E-state index contributed by atoms with van der Waals surface area (Å²) in [7, 11) is 0. The molecule has 4 heteroatoms. The molecular weight excluding hydrogens is 227 g/mol. The van der Waals surface area contributed by atoms with E-state index in [9.17, 15) is 4.39 Å². The monoisotopic (exact) mass is 244 g/mol. The summed E-state index contributed by atoms with van der Waals surface area (Å²) in [5.41, 5.74) is 1.15. The zero-order valence-corrected chi connectivity index (χ0v) is 10.0. The summed E-state index contributed by atoms with van der Waals surface area (Å²) < 4.78 is 12.7. The number of nitrogens with one attached hydrogen (secondary N) is 2. The van der Waals surface area contributed by atoms with Crippen LogP contribution in [0.5, 0.6) is 0 Å². The fourth-order valence-electron chi connectivity index (χ4n) is 1.89. The second kappa shape index (κ2) is 6.84. The van der Waals surface area contributed by atoms with Gasteiger partial charge in [0.25, 0.3) is 0 Å². The van der Waals surface area contributed by atoms with Gasteiger partial charge in [0.15, 0.2) is 0 Å². The minimum atomic E-state index is -0.166. The van der Waals surface area contributed by atoms with Crippen LogP contribution in [-0.4, -0.2) is 19.1 Å². The normalized spacial score (nSPS) is 16.8. The maximum Gasteiger partial charge on any atom is 0.123 e. The molecule has 1 aliphatic heterocycles. The topological polar surface area (TPSA) is 24.1 Å². The molecule has 2 N–H and O–H groups in total. The second-order valence-electron chi connectivity index (χ2n) is 4.03. The average Bonchev–Trinajstić information content (AvgIpc) is 2.30. The Labute approximate surface area is 102 Å². The molecule has 0 aliphatic carbocycles. The lowest BCUT2D eigenvalue weighted by Gasteiger charge is -2.23. The molecule has 1 aromatic carbocycles. The van der Waals surface area contributed by atoms with Crippen molar-refractivity contribution in [3.8, 4) is 0 Å². The van der Waals surface area contributed by atoms with E-state index in [0.717, 1.165) is 25.2 Å². The predicted octanol–water partition coefficient (Wildman–Crippen LogP) is 2.09. The van der Waals surface area contributed by atoms with Crippen LogP contribution in [0.15, 0.2) is 24.3 Å². The first-order valence-electron chi connectivity index (χ1n) is 5.53. The van der Waals surface area contributed by atoms with E-state index >= 15 is 0 Å². The molecule has 16 heavy (non-hydrogen) atoms. The molecule has 90 valence electrons. The smallest absolute Gasteiger partial charge is 0.123 e. The minimum Gasteiger partial charge on any atom is -0.317 e. The molecule has 0 amide bonds. The van der Waals surface area contributed by atoms with Gasteiger partial charge in [-0.15, -0.1) is 12.4 Å². The Hall–Kier alpha value is -0.640. The van der Waals surface area contributed by atoms with E-state index in [1.165, 1.54) is 25.0 Å². The van der Waals surface area contributed by atoms with E-state index in [0.29, 0.717) is 6.04 Å². The molecule has 0 unspecified atom stereocenters. The first kappa shape index (κ1) is 13.4. The van der Waals surface area contributed by atoms with E-state index in [1.54, 1.807) is 0 Å². The maximum atomic E-state index is 12.7. The fourth-order valence-corrected chi connectivity index (χ4v) is 1.89. The lowest BCUT2D eigenvalue weighted by molar-refractivity contribution is 0.386. The Bertz CT molecular complexity index is 296. The van der Waals surface area contributed by atoms with E-state index in [4.69, 9.17) is 0 Å². The van der Waals surface area contributed by atoms with Crippen molar-refractivity contribution in [1.82, 2.24) is 10.6 Å². The third kappa shape index (κ3) is 4.08. The largest absolute Gasteiger partial charge is 0.317 e. The number of halogens is 2. The van der Waals surface area contributed by atoms with Crippen molar-refractivity contribution >= 4 is 12.4 Å². The lowest BCUT2D eigenvalue weighted by Crippen LogP contribution is -2.39. The van der Waals surface area contributed by atoms with Crippen molar-refractivity contribution in [2.75, 3.05) is 13.1 Å². The molecule has 1 aliphatic rings. The van der Waals surface area contributed by atoms with Gasteiger partial charge in [-0.2, -0.15) is 0 Å². The maximum absolute atomic E-state index is 12.7. The van der Waals surface area contributed by atoms with Crippen LogP contribution in [0.25, 0.3) is 0 Å². The van der Waals surface area contributed by atoms with Crippen molar-refractivity contribution in [3.05, 3.63) is 35.6 Å². The van der Waals surface area contributed by atoms with Gasteiger partial charge < -0.3 is 10.6 Å². The standard InChI is InChI=1S/C12H17FN2.ClH/c13-11-3-1-10(2-4-11)9-15-12-5-7-14-8-6-12;/h1-4,12,14-15H,5-9H2;1H. The summed E-state index contributed by atoms with van der Waals surface area (Å²) in [5, 5.41) is 6.83. The lowest BCUT2D eigenvalue weighted by atomic mass is 10.1. The number of hydrogen-bond acceptors (Lipinski definition) is 2. The molecule has 0 aromatic heterocycles. The molecule has 1 saturated heterocycles. The Balaban J connectivity index is 0.00000128. The van der Waals surface area contributed by atoms with Gasteiger partial charge in [0, 0.05) is 12.6 Å². The zero-order valence-electron chi connectivity index (χ0n) is 9.21. The molecule has 2 nitrogen and oxygen atoms in total. The molecule has 0 saturated carbocycles. The zero-order chi connectivity index (χ0) is 10.5. The van der Waals surface area contributed by atoms with Crippen molar-refractivity contribution in [1.29, 1.82) is 0 Å². The van der Waals surface area contributed by atoms with Crippen LogP contribution in [-0.2, 0) is 6.54 Å². The van der Waals surface area contributed by atoms with Crippen molar-refractivity contribution in [3.63, 3.8) is 0 Å². The van der Waals surface area contributed by atoms with Crippen molar-refractivity contribution < 1.29 is 4.39 Å². The number of hydrogen-bond donors (Lipinski definition) is 2. The van der Waals surface area contributed by atoms with Gasteiger partial charge in [-0.25, -0.2) is 4.39 Å². The third-order valence-corrected chi connectivity index (χ3v) is 2.85. The van der Waals surface area contributed by atoms with Crippen molar-refractivity contribution in [2.45, 2.75) is 25.4 Å². The first-order valence-corrected chi connectivity index (χ1v) is 5.53. The average molecular weight is 245 g/mol. The van der Waals surface area contributed by atoms with E-state index in [1.807, 2.05) is 12.1 Å². The van der Waals surface area contributed by atoms with Gasteiger partial charge in [-0.3, -0.25) is 0 Å². The second-order valence-corrected chi connectivity index (χ2v) is 4.03. The predicted molar refractivity (Wildman–Crippen MR) is 66.4 cm³/mol. The molecule has 0 atom stereocenters. The van der Waals surface area contributed by atoms with Crippen molar-refractivity contribution in [2.24, 2.45) is 0 Å². The highest BCUT2D eigenvalue weighted by Gasteiger charge is 2.11. The Morgan fingerprint density at radius 2 is 1.81 bits per heavy atom. The quantitative estimate of drug-likeness (QED) is 0.851. The van der Waals surface area contributed by atoms with E-state index in [-0.39, 0.29) is 18.2 Å². The molecule has 1 heterocycles. The molecular formula is C12H18ClFN2. The van der Waals surface area contributed by atoms with Gasteiger partial charge in [0.05, 0.1) is 0 Å². The van der Waals surface area contributed by atoms with Gasteiger partial charge in [-0.05, 0) is 43.6 Å². The number of rotatable bonds is 3. The van der Waals surface area contributed by atoms with Crippen LogP contribution in [0.1, 0.15) is 18.4 Å². The highest BCUT2D eigenvalue weighted by Crippen LogP contribution is 2.06. The highest BCUT2D eigenvalue weighted by molar-refractivity contribution is 5.85. The van der Waals surface area contributed by atoms with Crippen LogP contribution in [0, 0.1) is 5.82 Å². The summed E-state index contributed by atoms with van der Waals surface area (Å²) in [5.74, 6) is -0.166. The van der Waals surface area contributed by atoms with E-state index < -0.39 is 0 Å². The fraction of sp³-hybridized carbons (Fsp3) is 0.500. The van der Waals surface area contributed by atoms with Crippen LogP contribution in [0.4, 0.5) is 4.39 Å². The Morgan fingerprint density at radius 3 is 2.44 bits per heavy atom. The summed E-state index contributed by atoms with van der Waals surface area (Å²) in [6.45, 7) is 3.03. The van der Waals surface area contributed by atoms with Crippen LogP contribution >= 0.6 is 12.4 Å². The van der Waals surface area contributed by atoms with Gasteiger partial charge >= 0.3 is 0 Å². The van der Waals surface area contributed by atoms with Crippen LogP contribution in [0.2, 0.25) is 0 Å². The Kier molecular flexibility index (Phi) is 5.74. The molecule has 1 aromatic rings. The van der Waals surface area contributed by atoms with Crippen LogP contribution < -0.4 is 10.6 Å². The summed E-state index contributed by atoms with van der Waals surface area (Å²) in [6.07, 6.45) is 2.36. The molecule has 0 radical (unpaired) electrons. The number of benzene rings is 1. The summed E-state index contributed by atoms with van der Waals surface area (Å²) >= 11 is 0. The molecule has 0 spiro atoms. The summed E-state index contributed by atoms with van der Waals surface area (Å²) in [6, 6.07) is 7.31. The Morgan fingerprint density at radius 1 is 1.19 bits per heavy atom.